The highest BCUT2D eigenvalue weighted by atomic mass is 32.2. The van der Waals surface area contributed by atoms with Crippen LogP contribution in [0, 0.1) is 0 Å². The number of aromatic nitrogens is 2. The molecule has 1 aromatic heterocycles. The normalized spacial score (nSPS) is 13.4. The van der Waals surface area contributed by atoms with E-state index in [0.29, 0.717) is 0 Å². The summed E-state index contributed by atoms with van der Waals surface area (Å²) in [5, 5.41) is 12.6. The largest absolute Gasteiger partial charge is 0.480 e. The number of methoxy groups -OCH3 is 1. The van der Waals surface area contributed by atoms with Crippen LogP contribution in [0.3, 0.4) is 0 Å². The fraction of sp³-hybridized carbons (Fsp3) is 0.556. The minimum Gasteiger partial charge on any atom is -0.480 e. The van der Waals surface area contributed by atoms with Gasteiger partial charge in [0.1, 0.15) is 6.04 Å². The third-order valence-corrected chi connectivity index (χ3v) is 3.80. The zero-order chi connectivity index (χ0) is 13.8. The smallest absolute Gasteiger partial charge is 0.321 e. The Morgan fingerprint density at radius 2 is 2.33 bits per heavy atom. The molecule has 0 aromatic carbocycles. The van der Waals surface area contributed by atoms with Crippen LogP contribution in [-0.4, -0.2) is 49.0 Å². The predicted octanol–water partition coefficient (Wildman–Crippen LogP) is -0.812. The molecule has 0 saturated heterocycles. The number of hydrogen-bond donors (Lipinski definition) is 2. The number of nitrogens with zero attached hydrogens (tertiary/aromatic N) is 2. The summed E-state index contributed by atoms with van der Waals surface area (Å²) in [4.78, 5) is 10.9. The van der Waals surface area contributed by atoms with Gasteiger partial charge in [-0.05, 0) is 12.5 Å². The summed E-state index contributed by atoms with van der Waals surface area (Å²) in [7, 11) is -1.04. The molecule has 1 rings (SSSR count). The van der Waals surface area contributed by atoms with Gasteiger partial charge in [-0.3, -0.25) is 9.48 Å². The van der Waals surface area contributed by atoms with Crippen molar-refractivity contribution in [3.63, 3.8) is 0 Å². The molecule has 102 valence electrons. The molecule has 0 saturated carbocycles. The molecule has 0 spiro atoms. The van der Waals surface area contributed by atoms with Gasteiger partial charge >= 0.3 is 5.97 Å². The van der Waals surface area contributed by atoms with Crippen molar-refractivity contribution in [2.45, 2.75) is 17.5 Å². The van der Waals surface area contributed by atoms with Crippen molar-refractivity contribution in [3.8, 4) is 0 Å². The Bertz CT molecular complexity index is 510. The quantitative estimate of drug-likeness (QED) is 0.674. The molecule has 0 amide bonds. The number of nitrogens with one attached hydrogen (secondary N) is 1. The highest BCUT2D eigenvalue weighted by Crippen LogP contribution is 2.08. The Morgan fingerprint density at radius 1 is 1.67 bits per heavy atom. The zero-order valence-electron chi connectivity index (χ0n) is 10.0. The summed E-state index contributed by atoms with van der Waals surface area (Å²) in [6.07, 6.45) is 1.36. The minimum absolute atomic E-state index is 0.0446. The van der Waals surface area contributed by atoms with E-state index in [-0.39, 0.29) is 18.1 Å². The number of carboxylic acids is 1. The number of carbonyl (C=O) groups is 1. The van der Waals surface area contributed by atoms with Gasteiger partial charge < -0.3 is 9.84 Å². The summed E-state index contributed by atoms with van der Waals surface area (Å²) in [5.41, 5.74) is 0. The first-order valence-corrected chi connectivity index (χ1v) is 6.59. The number of rotatable bonds is 7. The molecule has 0 aliphatic heterocycles. The molecular weight excluding hydrogens is 262 g/mol. The molecule has 0 fully saturated rings. The first-order valence-electron chi connectivity index (χ1n) is 5.10. The lowest BCUT2D eigenvalue weighted by Gasteiger charge is -2.14. The number of sulfonamides is 1. The van der Waals surface area contributed by atoms with Gasteiger partial charge in [0, 0.05) is 20.8 Å². The first-order chi connectivity index (χ1) is 8.38. The van der Waals surface area contributed by atoms with Crippen molar-refractivity contribution in [1.82, 2.24) is 14.5 Å². The van der Waals surface area contributed by atoms with E-state index in [9.17, 15) is 13.2 Å². The number of aryl methyl sites for hydroxylation is 1. The second-order valence-electron chi connectivity index (χ2n) is 3.59. The van der Waals surface area contributed by atoms with Crippen LogP contribution in [0.25, 0.3) is 0 Å². The summed E-state index contributed by atoms with van der Waals surface area (Å²) in [6.45, 7) is 0.144. The van der Waals surface area contributed by atoms with Crippen LogP contribution in [0.4, 0.5) is 0 Å². The summed E-state index contributed by atoms with van der Waals surface area (Å²) in [5.74, 6) is -1.25. The highest BCUT2D eigenvalue weighted by molar-refractivity contribution is 7.89. The second-order valence-corrected chi connectivity index (χ2v) is 5.25. The van der Waals surface area contributed by atoms with Crippen LogP contribution < -0.4 is 4.72 Å². The van der Waals surface area contributed by atoms with Crippen LogP contribution in [0.15, 0.2) is 17.3 Å². The maximum Gasteiger partial charge on any atom is 0.321 e. The third-order valence-electron chi connectivity index (χ3n) is 2.26. The molecule has 0 aliphatic rings. The molecule has 9 heteroatoms. The summed E-state index contributed by atoms with van der Waals surface area (Å²) >= 11 is 0. The lowest BCUT2D eigenvalue weighted by molar-refractivity contribution is -0.139. The van der Waals surface area contributed by atoms with Crippen molar-refractivity contribution >= 4 is 16.0 Å². The van der Waals surface area contributed by atoms with Crippen molar-refractivity contribution in [2.75, 3.05) is 13.7 Å². The van der Waals surface area contributed by atoms with Gasteiger partial charge in [-0.25, -0.2) is 8.42 Å². The molecule has 8 nitrogen and oxygen atoms in total. The van der Waals surface area contributed by atoms with Crippen LogP contribution in [-0.2, 0) is 26.6 Å². The van der Waals surface area contributed by atoms with E-state index >= 15 is 0 Å². The third kappa shape index (κ3) is 3.52. The molecule has 0 aliphatic carbocycles. The van der Waals surface area contributed by atoms with Gasteiger partial charge in [0.2, 0.25) is 0 Å². The molecule has 2 N–H and O–H groups in total. The van der Waals surface area contributed by atoms with Crippen LogP contribution in [0.1, 0.15) is 6.42 Å². The average Bonchev–Trinajstić information content (AvgIpc) is 2.71. The van der Waals surface area contributed by atoms with Crippen LogP contribution in [0.5, 0.6) is 0 Å². The average molecular weight is 277 g/mol. The topological polar surface area (TPSA) is 111 Å². The zero-order valence-corrected chi connectivity index (χ0v) is 10.8. The van der Waals surface area contributed by atoms with Gasteiger partial charge in [0.25, 0.3) is 10.0 Å². The van der Waals surface area contributed by atoms with E-state index in [1.165, 1.54) is 26.4 Å². The molecule has 1 aromatic rings. The van der Waals surface area contributed by atoms with Crippen LogP contribution >= 0.6 is 0 Å². The maximum atomic E-state index is 11.9. The molecule has 1 atom stereocenters. The molecular formula is C9H15N3O5S. The molecule has 18 heavy (non-hydrogen) atoms. The van der Waals surface area contributed by atoms with E-state index in [0.717, 1.165) is 4.68 Å². The van der Waals surface area contributed by atoms with E-state index < -0.39 is 22.0 Å². The minimum atomic E-state index is -3.91. The van der Waals surface area contributed by atoms with E-state index in [1.54, 1.807) is 0 Å². The Labute approximate surface area is 105 Å². The number of ether oxygens (including phenoxy) is 1. The lowest BCUT2D eigenvalue weighted by Crippen LogP contribution is -2.42. The van der Waals surface area contributed by atoms with Gasteiger partial charge in [0.05, 0.1) is 6.20 Å². The van der Waals surface area contributed by atoms with E-state index in [2.05, 4.69) is 9.82 Å². The SMILES string of the molecule is COCCC(NS(=O)(=O)c1ccnn1C)C(=O)O. The molecule has 0 radical (unpaired) electrons. The standard InChI is InChI=1S/C9H15N3O5S/c1-12-8(3-5-10-12)18(15,16)11-7(9(13)14)4-6-17-2/h3,5,7,11H,4,6H2,1-2H3,(H,13,14). The van der Waals surface area contributed by atoms with Crippen molar-refractivity contribution in [1.29, 1.82) is 0 Å². The Hall–Kier alpha value is -1.45. The number of aliphatic carboxylic acids is 1. The fourth-order valence-corrected chi connectivity index (χ4v) is 2.69. The number of carboxylic acid groups (broad SMARTS) is 1. The number of hydrogen-bond acceptors (Lipinski definition) is 5. The van der Waals surface area contributed by atoms with Crippen molar-refractivity contribution in [2.24, 2.45) is 7.05 Å². The summed E-state index contributed by atoms with van der Waals surface area (Å²) < 4.78 is 31.8. The van der Waals surface area contributed by atoms with Gasteiger partial charge in [-0.15, -0.1) is 0 Å². The second kappa shape index (κ2) is 5.94. The molecule has 1 heterocycles. The van der Waals surface area contributed by atoms with Crippen molar-refractivity contribution < 1.29 is 23.1 Å². The molecule has 0 bridgehead atoms. The van der Waals surface area contributed by atoms with E-state index in [1.807, 2.05) is 0 Å². The van der Waals surface area contributed by atoms with Crippen LogP contribution in [0.2, 0.25) is 0 Å². The predicted molar refractivity (Wildman–Crippen MR) is 61.4 cm³/mol. The Morgan fingerprint density at radius 3 is 2.78 bits per heavy atom. The van der Waals surface area contributed by atoms with Gasteiger partial charge in [0.15, 0.2) is 5.03 Å². The monoisotopic (exact) mass is 277 g/mol. The fourth-order valence-electron chi connectivity index (χ4n) is 1.34. The first kappa shape index (κ1) is 14.6. The maximum absolute atomic E-state index is 11.9. The van der Waals surface area contributed by atoms with E-state index in [4.69, 9.17) is 9.84 Å². The summed E-state index contributed by atoms with van der Waals surface area (Å²) in [6, 6.07) is 0.0576. The Balaban J connectivity index is 2.86. The highest BCUT2D eigenvalue weighted by Gasteiger charge is 2.26. The van der Waals surface area contributed by atoms with Gasteiger partial charge in [-0.2, -0.15) is 9.82 Å². The Kier molecular flexibility index (Phi) is 4.82. The lowest BCUT2D eigenvalue weighted by atomic mass is 10.2. The van der Waals surface area contributed by atoms with Gasteiger partial charge in [-0.1, -0.05) is 0 Å². The molecule has 1 unspecified atom stereocenters. The van der Waals surface area contributed by atoms with Crippen molar-refractivity contribution in [3.05, 3.63) is 12.3 Å².